The van der Waals surface area contributed by atoms with Crippen LogP contribution in [0.5, 0.6) is 0 Å². The number of likely N-dealkylation sites (N-methyl/N-ethyl adjacent to an activating group) is 2. The van der Waals surface area contributed by atoms with E-state index in [4.69, 9.17) is 11.6 Å². The summed E-state index contributed by atoms with van der Waals surface area (Å²) in [6.07, 6.45) is 0. The molecule has 1 heterocycles. The lowest BCUT2D eigenvalue weighted by Crippen LogP contribution is -2.32. The molecule has 2 rings (SSSR count). The first-order chi connectivity index (χ1) is 9.61. The van der Waals surface area contributed by atoms with Crippen LogP contribution in [0.4, 0.5) is 0 Å². The molecule has 1 amide bonds. The van der Waals surface area contributed by atoms with E-state index >= 15 is 0 Å². The van der Waals surface area contributed by atoms with Crippen molar-refractivity contribution in [3.63, 3.8) is 0 Å². The van der Waals surface area contributed by atoms with Gasteiger partial charge in [0.1, 0.15) is 5.69 Å². The first-order valence-electron chi connectivity index (χ1n) is 6.33. The summed E-state index contributed by atoms with van der Waals surface area (Å²) in [6, 6.07) is 9.09. The minimum atomic E-state index is -0.0760. The monoisotopic (exact) mass is 292 g/mol. The Bertz CT molecular complexity index is 579. The van der Waals surface area contributed by atoms with E-state index in [1.54, 1.807) is 30.1 Å². The molecule has 0 radical (unpaired) electrons. The van der Waals surface area contributed by atoms with Gasteiger partial charge in [-0.3, -0.25) is 9.89 Å². The third kappa shape index (κ3) is 3.37. The van der Waals surface area contributed by atoms with Gasteiger partial charge in [-0.15, -0.1) is 0 Å². The molecule has 0 bridgehead atoms. The number of carbonyl (C=O) groups is 1. The van der Waals surface area contributed by atoms with E-state index in [-0.39, 0.29) is 5.91 Å². The average Bonchev–Trinajstić information content (AvgIpc) is 2.94. The van der Waals surface area contributed by atoms with Crippen molar-refractivity contribution >= 4 is 17.5 Å². The highest BCUT2D eigenvalue weighted by Crippen LogP contribution is 2.20. The van der Waals surface area contributed by atoms with Gasteiger partial charge in [-0.1, -0.05) is 23.7 Å². The maximum atomic E-state index is 12.2. The molecule has 0 atom stereocenters. The molecule has 0 saturated carbocycles. The molecule has 106 valence electrons. The second-order valence-electron chi connectivity index (χ2n) is 4.50. The lowest BCUT2D eigenvalue weighted by Gasteiger charge is -2.15. The van der Waals surface area contributed by atoms with Crippen molar-refractivity contribution in [1.82, 2.24) is 20.4 Å². The molecule has 0 unspecified atom stereocenters. The SMILES string of the molecule is CNCCN(C)C(=O)c1cc(-c2ccc(Cl)cc2)n[nH]1. The molecular weight excluding hydrogens is 276 g/mol. The number of benzene rings is 1. The molecule has 2 N–H and O–H groups in total. The predicted octanol–water partition coefficient (Wildman–Crippen LogP) is 2.02. The molecular formula is C14H17ClN4O. The lowest BCUT2D eigenvalue weighted by molar-refractivity contribution is 0.0791. The van der Waals surface area contributed by atoms with Crippen molar-refractivity contribution in [2.45, 2.75) is 0 Å². The summed E-state index contributed by atoms with van der Waals surface area (Å²) in [6.45, 7) is 1.39. The summed E-state index contributed by atoms with van der Waals surface area (Å²) >= 11 is 5.85. The zero-order chi connectivity index (χ0) is 14.5. The van der Waals surface area contributed by atoms with Crippen LogP contribution in [-0.2, 0) is 0 Å². The van der Waals surface area contributed by atoms with Gasteiger partial charge in [0, 0.05) is 30.7 Å². The van der Waals surface area contributed by atoms with Gasteiger partial charge >= 0.3 is 0 Å². The quantitative estimate of drug-likeness (QED) is 0.886. The number of halogens is 1. The summed E-state index contributed by atoms with van der Waals surface area (Å²) in [5.41, 5.74) is 2.13. The van der Waals surface area contributed by atoms with E-state index < -0.39 is 0 Å². The van der Waals surface area contributed by atoms with Crippen molar-refractivity contribution < 1.29 is 4.79 Å². The van der Waals surface area contributed by atoms with Crippen molar-refractivity contribution in [2.75, 3.05) is 27.2 Å². The highest BCUT2D eigenvalue weighted by molar-refractivity contribution is 6.30. The van der Waals surface area contributed by atoms with Gasteiger partial charge in [0.2, 0.25) is 0 Å². The number of H-pyrrole nitrogens is 1. The number of aromatic amines is 1. The Labute approximate surface area is 122 Å². The van der Waals surface area contributed by atoms with Gasteiger partial charge in [-0.05, 0) is 25.2 Å². The molecule has 0 aliphatic heterocycles. The highest BCUT2D eigenvalue weighted by atomic mass is 35.5. The topological polar surface area (TPSA) is 61.0 Å². The third-order valence-corrected chi connectivity index (χ3v) is 3.24. The third-order valence-electron chi connectivity index (χ3n) is 2.99. The Balaban J connectivity index is 2.12. The number of carbonyl (C=O) groups excluding carboxylic acids is 1. The van der Waals surface area contributed by atoms with Crippen molar-refractivity contribution in [1.29, 1.82) is 0 Å². The molecule has 20 heavy (non-hydrogen) atoms. The number of rotatable bonds is 5. The van der Waals surface area contributed by atoms with Crippen LogP contribution >= 0.6 is 11.6 Å². The number of hydrogen-bond acceptors (Lipinski definition) is 3. The van der Waals surface area contributed by atoms with E-state index in [1.165, 1.54) is 0 Å². The zero-order valence-electron chi connectivity index (χ0n) is 11.5. The standard InChI is InChI=1S/C14H17ClN4O/c1-16-7-8-19(2)14(20)13-9-12(17-18-13)10-3-5-11(15)6-4-10/h3-6,9,16H,7-8H2,1-2H3,(H,17,18). The smallest absolute Gasteiger partial charge is 0.271 e. The highest BCUT2D eigenvalue weighted by Gasteiger charge is 2.14. The second kappa shape index (κ2) is 6.54. The van der Waals surface area contributed by atoms with Crippen LogP contribution in [0.1, 0.15) is 10.5 Å². The average molecular weight is 293 g/mol. The minimum absolute atomic E-state index is 0.0760. The fraction of sp³-hybridized carbons (Fsp3) is 0.286. The van der Waals surface area contributed by atoms with E-state index in [1.807, 2.05) is 19.2 Å². The first kappa shape index (κ1) is 14.6. The fourth-order valence-electron chi connectivity index (χ4n) is 1.79. The van der Waals surface area contributed by atoms with Crippen LogP contribution in [0.15, 0.2) is 30.3 Å². The molecule has 1 aromatic heterocycles. The van der Waals surface area contributed by atoms with Crippen molar-refractivity contribution in [3.05, 3.63) is 41.0 Å². The van der Waals surface area contributed by atoms with Gasteiger partial charge < -0.3 is 10.2 Å². The lowest BCUT2D eigenvalue weighted by atomic mass is 10.1. The van der Waals surface area contributed by atoms with E-state index in [9.17, 15) is 4.79 Å². The number of amides is 1. The summed E-state index contributed by atoms with van der Waals surface area (Å²) in [5.74, 6) is -0.0760. The number of aromatic nitrogens is 2. The van der Waals surface area contributed by atoms with E-state index in [0.29, 0.717) is 17.3 Å². The molecule has 0 fully saturated rings. The summed E-state index contributed by atoms with van der Waals surface area (Å²) in [5, 5.41) is 10.6. The molecule has 0 aliphatic carbocycles. The van der Waals surface area contributed by atoms with Gasteiger partial charge in [-0.2, -0.15) is 5.10 Å². The molecule has 0 aliphatic rings. The van der Waals surface area contributed by atoms with E-state index in [0.717, 1.165) is 17.8 Å². The summed E-state index contributed by atoms with van der Waals surface area (Å²) in [7, 11) is 3.62. The van der Waals surface area contributed by atoms with Crippen LogP contribution in [0.2, 0.25) is 5.02 Å². The molecule has 6 heteroatoms. The second-order valence-corrected chi connectivity index (χ2v) is 4.94. The normalized spacial score (nSPS) is 10.6. The van der Waals surface area contributed by atoms with Crippen LogP contribution in [0.3, 0.4) is 0 Å². The summed E-state index contributed by atoms with van der Waals surface area (Å²) < 4.78 is 0. The fourth-order valence-corrected chi connectivity index (χ4v) is 1.91. The van der Waals surface area contributed by atoms with Crippen LogP contribution in [0.25, 0.3) is 11.3 Å². The van der Waals surface area contributed by atoms with Crippen LogP contribution in [0, 0.1) is 0 Å². The Morgan fingerprint density at radius 2 is 2.10 bits per heavy atom. The van der Waals surface area contributed by atoms with Crippen LogP contribution in [-0.4, -0.2) is 48.2 Å². The first-order valence-corrected chi connectivity index (χ1v) is 6.71. The van der Waals surface area contributed by atoms with Crippen molar-refractivity contribution in [2.24, 2.45) is 0 Å². The van der Waals surface area contributed by atoms with Gasteiger partial charge in [-0.25, -0.2) is 0 Å². The Morgan fingerprint density at radius 1 is 1.40 bits per heavy atom. The number of nitrogens with one attached hydrogen (secondary N) is 2. The molecule has 0 saturated heterocycles. The maximum Gasteiger partial charge on any atom is 0.271 e. The molecule has 5 nitrogen and oxygen atoms in total. The summed E-state index contributed by atoms with van der Waals surface area (Å²) in [4.78, 5) is 13.8. The van der Waals surface area contributed by atoms with Gasteiger partial charge in [0.05, 0.1) is 5.69 Å². The predicted molar refractivity (Wildman–Crippen MR) is 79.9 cm³/mol. The number of nitrogens with zero attached hydrogens (tertiary/aromatic N) is 2. The molecule has 0 spiro atoms. The van der Waals surface area contributed by atoms with Crippen LogP contribution < -0.4 is 5.32 Å². The Kier molecular flexibility index (Phi) is 4.76. The van der Waals surface area contributed by atoms with Crippen molar-refractivity contribution in [3.8, 4) is 11.3 Å². The molecule has 2 aromatic rings. The Morgan fingerprint density at radius 3 is 2.75 bits per heavy atom. The maximum absolute atomic E-state index is 12.2. The van der Waals surface area contributed by atoms with E-state index in [2.05, 4.69) is 15.5 Å². The number of hydrogen-bond donors (Lipinski definition) is 2. The Hall–Kier alpha value is -1.85. The molecule has 1 aromatic carbocycles. The minimum Gasteiger partial charge on any atom is -0.339 e. The van der Waals surface area contributed by atoms with Gasteiger partial charge in [0.25, 0.3) is 5.91 Å². The zero-order valence-corrected chi connectivity index (χ0v) is 12.2. The van der Waals surface area contributed by atoms with Gasteiger partial charge in [0.15, 0.2) is 0 Å². The largest absolute Gasteiger partial charge is 0.339 e.